The lowest BCUT2D eigenvalue weighted by Gasteiger charge is -2.14. The zero-order chi connectivity index (χ0) is 12.3. The molecule has 0 aromatic carbocycles. The Morgan fingerprint density at radius 3 is 2.12 bits per heavy atom. The maximum atomic E-state index is 11.9. The van der Waals surface area contributed by atoms with E-state index >= 15 is 0 Å². The largest absolute Gasteiger partial charge is 0.383 e. The molecule has 0 aliphatic heterocycles. The van der Waals surface area contributed by atoms with Crippen molar-refractivity contribution in [3.63, 3.8) is 0 Å². The van der Waals surface area contributed by atoms with Gasteiger partial charge >= 0.3 is 5.69 Å². The standard InChI is InChI=1S/C10H18N4O2/c1-4-12-7-8(11)13(5-2)10(16)14(6-3)9(7)15/h12H,4-6,11H2,1-3H3. The molecule has 1 aromatic rings. The van der Waals surface area contributed by atoms with Crippen LogP contribution in [0.25, 0.3) is 0 Å². The number of aromatic nitrogens is 2. The van der Waals surface area contributed by atoms with Crippen LogP contribution in [0.2, 0.25) is 0 Å². The number of nitrogen functional groups attached to an aromatic ring is 1. The lowest BCUT2D eigenvalue weighted by atomic mass is 10.4. The van der Waals surface area contributed by atoms with E-state index in [4.69, 9.17) is 5.73 Å². The third-order valence-electron chi connectivity index (χ3n) is 2.45. The van der Waals surface area contributed by atoms with E-state index in [0.717, 1.165) is 0 Å². The summed E-state index contributed by atoms with van der Waals surface area (Å²) in [4.78, 5) is 23.8. The van der Waals surface area contributed by atoms with E-state index in [2.05, 4.69) is 5.32 Å². The molecular formula is C10H18N4O2. The van der Waals surface area contributed by atoms with Gasteiger partial charge in [-0.3, -0.25) is 13.9 Å². The number of hydrogen-bond donors (Lipinski definition) is 2. The van der Waals surface area contributed by atoms with Gasteiger partial charge in [0.25, 0.3) is 5.56 Å². The van der Waals surface area contributed by atoms with Crippen molar-refractivity contribution >= 4 is 11.5 Å². The second kappa shape index (κ2) is 4.87. The van der Waals surface area contributed by atoms with Crippen molar-refractivity contribution in [1.82, 2.24) is 9.13 Å². The first-order valence-electron chi connectivity index (χ1n) is 5.45. The number of anilines is 2. The van der Waals surface area contributed by atoms with Gasteiger partial charge in [-0.15, -0.1) is 0 Å². The Bertz CT molecular complexity index is 487. The van der Waals surface area contributed by atoms with Crippen molar-refractivity contribution < 1.29 is 0 Å². The summed E-state index contributed by atoms with van der Waals surface area (Å²) in [6.45, 7) is 6.83. The molecule has 0 aliphatic carbocycles. The molecular weight excluding hydrogens is 208 g/mol. The molecule has 6 heteroatoms. The molecule has 3 N–H and O–H groups in total. The van der Waals surface area contributed by atoms with E-state index in [1.54, 1.807) is 6.92 Å². The molecule has 0 atom stereocenters. The lowest BCUT2D eigenvalue weighted by molar-refractivity contribution is 0.596. The van der Waals surface area contributed by atoms with Crippen molar-refractivity contribution in [2.75, 3.05) is 17.6 Å². The summed E-state index contributed by atoms with van der Waals surface area (Å²) >= 11 is 0. The van der Waals surface area contributed by atoms with Crippen LogP contribution in [0.5, 0.6) is 0 Å². The zero-order valence-electron chi connectivity index (χ0n) is 9.91. The van der Waals surface area contributed by atoms with Crippen LogP contribution in [-0.4, -0.2) is 15.7 Å². The molecule has 0 aliphatic rings. The summed E-state index contributed by atoms with van der Waals surface area (Å²) in [5, 5.41) is 2.90. The van der Waals surface area contributed by atoms with Crippen molar-refractivity contribution in [2.24, 2.45) is 0 Å². The van der Waals surface area contributed by atoms with Gasteiger partial charge in [-0.05, 0) is 20.8 Å². The number of nitrogens with one attached hydrogen (secondary N) is 1. The molecule has 0 bridgehead atoms. The predicted octanol–water partition coefficient (Wildman–Crippen LogP) is 0.0638. The second-order valence-corrected chi connectivity index (χ2v) is 3.37. The highest BCUT2D eigenvalue weighted by molar-refractivity contribution is 5.60. The first-order valence-corrected chi connectivity index (χ1v) is 5.45. The highest BCUT2D eigenvalue weighted by Crippen LogP contribution is 2.09. The minimum Gasteiger partial charge on any atom is -0.383 e. The monoisotopic (exact) mass is 226 g/mol. The minimum atomic E-state index is -0.353. The Hall–Kier alpha value is -1.72. The average Bonchev–Trinajstić information content (AvgIpc) is 2.26. The van der Waals surface area contributed by atoms with Gasteiger partial charge in [0, 0.05) is 19.6 Å². The Morgan fingerprint density at radius 2 is 1.69 bits per heavy atom. The fourth-order valence-corrected chi connectivity index (χ4v) is 1.64. The van der Waals surface area contributed by atoms with Crippen LogP contribution in [-0.2, 0) is 13.1 Å². The van der Waals surface area contributed by atoms with Crippen molar-refractivity contribution in [2.45, 2.75) is 33.9 Å². The quantitative estimate of drug-likeness (QED) is 0.760. The Balaban J connectivity index is 3.63. The van der Waals surface area contributed by atoms with E-state index in [9.17, 15) is 9.59 Å². The SMILES string of the molecule is CCNc1c(N)n(CC)c(=O)n(CC)c1=O. The maximum Gasteiger partial charge on any atom is 0.332 e. The van der Waals surface area contributed by atoms with Crippen molar-refractivity contribution in [3.8, 4) is 0 Å². The maximum absolute atomic E-state index is 11.9. The van der Waals surface area contributed by atoms with Gasteiger partial charge in [0.2, 0.25) is 0 Å². The fraction of sp³-hybridized carbons (Fsp3) is 0.600. The van der Waals surface area contributed by atoms with Crippen LogP contribution >= 0.6 is 0 Å². The number of nitrogens with two attached hydrogens (primary N) is 1. The molecule has 0 unspecified atom stereocenters. The molecule has 0 spiro atoms. The number of rotatable bonds is 4. The Kier molecular flexibility index (Phi) is 3.76. The smallest absolute Gasteiger partial charge is 0.332 e. The number of hydrogen-bond acceptors (Lipinski definition) is 4. The summed E-state index contributed by atoms with van der Waals surface area (Å²) < 4.78 is 2.57. The van der Waals surface area contributed by atoms with Gasteiger partial charge in [0.05, 0.1) is 0 Å². The average molecular weight is 226 g/mol. The first-order chi connectivity index (χ1) is 7.58. The van der Waals surface area contributed by atoms with Gasteiger partial charge in [0.1, 0.15) is 11.5 Å². The van der Waals surface area contributed by atoms with Crippen LogP contribution in [0.3, 0.4) is 0 Å². The molecule has 90 valence electrons. The van der Waals surface area contributed by atoms with Crippen LogP contribution in [0.4, 0.5) is 11.5 Å². The molecule has 6 nitrogen and oxygen atoms in total. The van der Waals surface area contributed by atoms with Gasteiger partial charge in [-0.2, -0.15) is 0 Å². The molecule has 0 radical (unpaired) electrons. The predicted molar refractivity (Wildman–Crippen MR) is 64.9 cm³/mol. The van der Waals surface area contributed by atoms with Crippen LogP contribution in [0.15, 0.2) is 9.59 Å². The molecule has 0 fully saturated rings. The third kappa shape index (κ3) is 1.82. The van der Waals surface area contributed by atoms with Crippen molar-refractivity contribution in [1.29, 1.82) is 0 Å². The minimum absolute atomic E-state index is 0.212. The first kappa shape index (κ1) is 12.4. The fourth-order valence-electron chi connectivity index (χ4n) is 1.64. The highest BCUT2D eigenvalue weighted by Gasteiger charge is 2.14. The summed E-state index contributed by atoms with van der Waals surface area (Å²) in [7, 11) is 0. The third-order valence-corrected chi connectivity index (χ3v) is 2.45. The van der Waals surface area contributed by atoms with Crippen LogP contribution < -0.4 is 22.3 Å². The molecule has 0 saturated heterocycles. The second-order valence-electron chi connectivity index (χ2n) is 3.37. The topological polar surface area (TPSA) is 82.0 Å². The molecule has 1 heterocycles. The van der Waals surface area contributed by atoms with E-state index < -0.39 is 0 Å². The molecule has 0 amide bonds. The van der Waals surface area contributed by atoms with E-state index in [1.165, 1.54) is 9.13 Å². The van der Waals surface area contributed by atoms with Gasteiger partial charge < -0.3 is 11.1 Å². The lowest BCUT2D eigenvalue weighted by Crippen LogP contribution is -2.41. The summed E-state index contributed by atoms with van der Waals surface area (Å²) in [5.74, 6) is 0.212. The molecule has 16 heavy (non-hydrogen) atoms. The summed E-state index contributed by atoms with van der Waals surface area (Å²) in [6.07, 6.45) is 0. The highest BCUT2D eigenvalue weighted by atomic mass is 16.2. The Labute approximate surface area is 93.7 Å². The van der Waals surface area contributed by atoms with E-state index in [1.807, 2.05) is 13.8 Å². The molecule has 0 saturated carbocycles. The van der Waals surface area contributed by atoms with E-state index in [-0.39, 0.29) is 17.1 Å². The van der Waals surface area contributed by atoms with Crippen LogP contribution in [0, 0.1) is 0 Å². The Morgan fingerprint density at radius 1 is 1.12 bits per heavy atom. The number of nitrogens with zero attached hydrogens (tertiary/aromatic N) is 2. The summed E-state index contributed by atoms with van der Waals surface area (Å²) in [6, 6.07) is 0. The van der Waals surface area contributed by atoms with Gasteiger partial charge in [-0.1, -0.05) is 0 Å². The summed E-state index contributed by atoms with van der Waals surface area (Å²) in [5.41, 5.74) is 5.40. The van der Waals surface area contributed by atoms with Crippen molar-refractivity contribution in [3.05, 3.63) is 20.8 Å². The van der Waals surface area contributed by atoms with Gasteiger partial charge in [0.15, 0.2) is 0 Å². The molecule has 1 rings (SSSR count). The van der Waals surface area contributed by atoms with E-state index in [0.29, 0.717) is 25.3 Å². The van der Waals surface area contributed by atoms with Crippen LogP contribution in [0.1, 0.15) is 20.8 Å². The van der Waals surface area contributed by atoms with Gasteiger partial charge in [-0.25, -0.2) is 4.79 Å². The normalized spacial score (nSPS) is 10.4. The molecule has 1 aromatic heterocycles. The zero-order valence-corrected chi connectivity index (χ0v) is 9.91.